The highest BCUT2D eigenvalue weighted by molar-refractivity contribution is 5.92. The van der Waals surface area contributed by atoms with Crippen molar-refractivity contribution in [1.29, 1.82) is 0 Å². The van der Waals surface area contributed by atoms with E-state index in [0.717, 1.165) is 0 Å². The third-order valence-electron chi connectivity index (χ3n) is 4.24. The molecule has 0 radical (unpaired) electrons. The number of carbonyl (C=O) groups is 2. The number of aromatic nitrogens is 5. The maximum absolute atomic E-state index is 12.3. The van der Waals surface area contributed by atoms with Gasteiger partial charge < -0.3 is 19.1 Å². The lowest BCUT2D eigenvalue weighted by Gasteiger charge is -2.38. The predicted molar refractivity (Wildman–Crippen MR) is 87.0 cm³/mol. The number of methoxy groups -OCH3 is 1. The van der Waals surface area contributed by atoms with Crippen LogP contribution in [0.15, 0.2) is 18.6 Å². The molecule has 0 spiro atoms. The monoisotopic (exact) mass is 347 g/mol. The van der Waals surface area contributed by atoms with E-state index in [9.17, 15) is 9.59 Å². The first-order chi connectivity index (χ1) is 12.0. The molecule has 10 nitrogen and oxygen atoms in total. The van der Waals surface area contributed by atoms with Crippen LogP contribution in [-0.4, -0.2) is 86.6 Å². The molecule has 2 aromatic rings. The van der Waals surface area contributed by atoms with Gasteiger partial charge >= 0.3 is 0 Å². The largest absolute Gasteiger partial charge is 0.383 e. The lowest BCUT2D eigenvalue weighted by atomic mass is 10.1. The van der Waals surface area contributed by atoms with Crippen LogP contribution in [-0.2, 0) is 11.8 Å². The molecule has 0 unspecified atom stereocenters. The van der Waals surface area contributed by atoms with E-state index in [4.69, 9.17) is 4.74 Å². The van der Waals surface area contributed by atoms with Gasteiger partial charge in [0.05, 0.1) is 18.8 Å². The van der Waals surface area contributed by atoms with Gasteiger partial charge in [-0.05, 0) is 0 Å². The van der Waals surface area contributed by atoms with Crippen molar-refractivity contribution in [2.24, 2.45) is 7.05 Å². The Labute approximate surface area is 145 Å². The summed E-state index contributed by atoms with van der Waals surface area (Å²) in [5.74, 6) is 0.0932. The zero-order valence-electron chi connectivity index (χ0n) is 14.5. The van der Waals surface area contributed by atoms with E-state index in [0.29, 0.717) is 32.1 Å². The van der Waals surface area contributed by atoms with Crippen molar-refractivity contribution >= 4 is 11.8 Å². The number of rotatable bonds is 6. The van der Waals surface area contributed by atoms with Gasteiger partial charge in [-0.25, -0.2) is 9.67 Å². The van der Waals surface area contributed by atoms with Crippen molar-refractivity contribution in [2.45, 2.75) is 6.04 Å². The molecule has 3 heterocycles. The average Bonchev–Trinajstić information content (AvgIpc) is 3.19. The zero-order valence-corrected chi connectivity index (χ0v) is 14.5. The molecule has 0 atom stereocenters. The van der Waals surface area contributed by atoms with Crippen LogP contribution in [0.25, 0.3) is 0 Å². The zero-order chi connectivity index (χ0) is 18.0. The number of aryl methyl sites for hydroxylation is 1. The van der Waals surface area contributed by atoms with Crippen LogP contribution < -0.4 is 0 Å². The third-order valence-corrected chi connectivity index (χ3v) is 4.24. The Bertz CT molecular complexity index is 763. The second-order valence-corrected chi connectivity index (χ2v) is 6.03. The molecule has 1 aliphatic heterocycles. The Kier molecular flexibility index (Phi) is 4.79. The summed E-state index contributed by atoms with van der Waals surface area (Å²) in [6.45, 7) is 1.98. The standard InChI is InChI=1S/C15H21N7O3/c1-19-5-4-16-13(19)15(24)21-8-11(9-21)22-10-12(17-18-22)14(23)20(2)6-7-25-3/h4-5,10-11H,6-9H2,1-3H3. The summed E-state index contributed by atoms with van der Waals surface area (Å²) in [7, 11) is 5.06. The Hall–Kier alpha value is -2.75. The fourth-order valence-corrected chi connectivity index (χ4v) is 2.58. The summed E-state index contributed by atoms with van der Waals surface area (Å²) < 4.78 is 8.29. The third kappa shape index (κ3) is 3.38. The predicted octanol–water partition coefficient (Wildman–Crippen LogP) is -0.573. The lowest BCUT2D eigenvalue weighted by molar-refractivity contribution is 0.0482. The summed E-state index contributed by atoms with van der Waals surface area (Å²) in [5, 5.41) is 7.97. The molecular formula is C15H21N7O3. The number of hydrogen-bond acceptors (Lipinski definition) is 6. The first kappa shape index (κ1) is 17.1. The van der Waals surface area contributed by atoms with Crippen molar-refractivity contribution in [3.05, 3.63) is 30.1 Å². The van der Waals surface area contributed by atoms with E-state index in [1.807, 2.05) is 0 Å². The molecule has 0 aliphatic carbocycles. The van der Waals surface area contributed by atoms with Gasteiger partial charge in [0.2, 0.25) is 0 Å². The second-order valence-electron chi connectivity index (χ2n) is 6.03. The number of imidazole rings is 1. The minimum Gasteiger partial charge on any atom is -0.383 e. The molecule has 0 saturated carbocycles. The summed E-state index contributed by atoms with van der Waals surface area (Å²) >= 11 is 0. The van der Waals surface area contributed by atoms with Crippen molar-refractivity contribution in [3.63, 3.8) is 0 Å². The fourth-order valence-electron chi connectivity index (χ4n) is 2.58. The minimum atomic E-state index is -0.205. The molecule has 1 fully saturated rings. The van der Waals surface area contributed by atoms with E-state index in [1.165, 1.54) is 4.90 Å². The average molecular weight is 347 g/mol. The first-order valence-corrected chi connectivity index (χ1v) is 7.94. The Morgan fingerprint density at radius 1 is 1.40 bits per heavy atom. The van der Waals surface area contributed by atoms with Crippen molar-refractivity contribution < 1.29 is 14.3 Å². The molecule has 25 heavy (non-hydrogen) atoms. The van der Waals surface area contributed by atoms with Gasteiger partial charge in [-0.15, -0.1) is 5.10 Å². The van der Waals surface area contributed by atoms with Crippen molar-refractivity contribution in [2.75, 3.05) is 40.4 Å². The van der Waals surface area contributed by atoms with Crippen molar-refractivity contribution in [1.82, 2.24) is 34.3 Å². The van der Waals surface area contributed by atoms with Gasteiger partial charge in [0.1, 0.15) is 0 Å². The van der Waals surface area contributed by atoms with Gasteiger partial charge in [-0.2, -0.15) is 0 Å². The van der Waals surface area contributed by atoms with Crippen LogP contribution in [0, 0.1) is 0 Å². The quantitative estimate of drug-likeness (QED) is 0.694. The maximum Gasteiger partial charge on any atom is 0.289 e. The number of nitrogens with zero attached hydrogens (tertiary/aromatic N) is 7. The number of likely N-dealkylation sites (N-methyl/N-ethyl adjacent to an activating group) is 1. The van der Waals surface area contributed by atoms with E-state index in [-0.39, 0.29) is 23.6 Å². The molecule has 0 bridgehead atoms. The molecule has 1 aliphatic rings. The maximum atomic E-state index is 12.3. The summed E-state index contributed by atoms with van der Waals surface area (Å²) in [4.78, 5) is 31.8. The van der Waals surface area contributed by atoms with Crippen LogP contribution in [0.3, 0.4) is 0 Å². The highest BCUT2D eigenvalue weighted by Gasteiger charge is 2.35. The highest BCUT2D eigenvalue weighted by Crippen LogP contribution is 2.22. The molecule has 3 rings (SSSR count). The number of amides is 2. The SMILES string of the molecule is COCCN(C)C(=O)c1cn(C2CN(C(=O)c3nccn3C)C2)nn1. The van der Waals surface area contributed by atoms with Crippen LogP contribution in [0.5, 0.6) is 0 Å². The molecule has 10 heteroatoms. The number of carbonyl (C=O) groups excluding carboxylic acids is 2. The molecule has 1 saturated heterocycles. The molecule has 2 amide bonds. The van der Waals surface area contributed by atoms with Gasteiger partial charge in [-0.1, -0.05) is 5.21 Å². The van der Waals surface area contributed by atoms with Crippen LogP contribution in [0.2, 0.25) is 0 Å². The van der Waals surface area contributed by atoms with Crippen molar-refractivity contribution in [3.8, 4) is 0 Å². The normalized spacial score (nSPS) is 14.4. The molecular weight excluding hydrogens is 326 g/mol. The molecule has 0 aromatic carbocycles. The van der Waals surface area contributed by atoms with Crippen LogP contribution in [0.4, 0.5) is 0 Å². The van der Waals surface area contributed by atoms with Gasteiger partial charge in [0.25, 0.3) is 11.8 Å². The van der Waals surface area contributed by atoms with E-state index >= 15 is 0 Å². The number of likely N-dealkylation sites (tertiary alicyclic amines) is 1. The smallest absolute Gasteiger partial charge is 0.289 e. The van der Waals surface area contributed by atoms with Gasteiger partial charge in [-0.3, -0.25) is 9.59 Å². The summed E-state index contributed by atoms with van der Waals surface area (Å²) in [6.07, 6.45) is 4.96. The summed E-state index contributed by atoms with van der Waals surface area (Å²) in [6, 6.07) is 0.0162. The fraction of sp³-hybridized carbons (Fsp3) is 0.533. The minimum absolute atomic E-state index is 0.0162. The van der Waals surface area contributed by atoms with Gasteiger partial charge in [0.15, 0.2) is 11.5 Å². The van der Waals surface area contributed by atoms with E-state index in [2.05, 4.69) is 15.3 Å². The topological polar surface area (TPSA) is 98.4 Å². The van der Waals surface area contributed by atoms with Crippen LogP contribution >= 0.6 is 0 Å². The molecule has 134 valence electrons. The Morgan fingerprint density at radius 3 is 2.80 bits per heavy atom. The molecule has 2 aromatic heterocycles. The highest BCUT2D eigenvalue weighted by atomic mass is 16.5. The first-order valence-electron chi connectivity index (χ1n) is 7.94. The Balaban J connectivity index is 1.57. The number of hydrogen-bond donors (Lipinski definition) is 0. The number of ether oxygens (including phenoxy) is 1. The second kappa shape index (κ2) is 7.01. The van der Waals surface area contributed by atoms with Gasteiger partial charge in [0, 0.05) is 53.2 Å². The lowest BCUT2D eigenvalue weighted by Crippen LogP contribution is -2.51. The van der Waals surface area contributed by atoms with E-state index in [1.54, 1.807) is 53.9 Å². The Morgan fingerprint density at radius 2 is 2.16 bits per heavy atom. The molecule has 0 N–H and O–H groups in total. The van der Waals surface area contributed by atoms with E-state index < -0.39 is 0 Å². The summed E-state index contributed by atoms with van der Waals surface area (Å²) in [5.41, 5.74) is 0.285. The van der Waals surface area contributed by atoms with Crippen LogP contribution in [0.1, 0.15) is 27.1 Å².